The number of aromatic amines is 1. The molecule has 17 heavy (non-hydrogen) atoms. The van der Waals surface area contributed by atoms with Crippen LogP contribution >= 0.6 is 0 Å². The number of H-pyrrole nitrogens is 1. The maximum absolute atomic E-state index is 5.98. The summed E-state index contributed by atoms with van der Waals surface area (Å²) in [5.74, 6) is 0. The average molecular weight is 231 g/mol. The molecule has 0 aliphatic rings. The fraction of sp³-hybridized carbons (Fsp3) is 0.429. The Hall–Kier alpha value is -1.48. The van der Waals surface area contributed by atoms with E-state index in [1.807, 2.05) is 6.07 Å². The fourth-order valence-electron chi connectivity index (χ4n) is 2.01. The lowest BCUT2D eigenvalue weighted by Crippen LogP contribution is -2.34. The first kappa shape index (κ1) is 12.0. The molecular formula is C14H21N3. The van der Waals surface area contributed by atoms with Crippen LogP contribution in [0.4, 0.5) is 5.69 Å². The van der Waals surface area contributed by atoms with Crippen LogP contribution in [0.2, 0.25) is 0 Å². The van der Waals surface area contributed by atoms with E-state index in [1.54, 1.807) is 0 Å². The molecule has 0 saturated carbocycles. The zero-order chi connectivity index (χ0) is 12.5. The number of hydrogen-bond acceptors (Lipinski definition) is 2. The van der Waals surface area contributed by atoms with Crippen molar-refractivity contribution in [2.45, 2.75) is 32.7 Å². The molecule has 1 heterocycles. The molecule has 0 bridgehead atoms. The van der Waals surface area contributed by atoms with Gasteiger partial charge in [-0.25, -0.2) is 0 Å². The molecule has 0 spiro atoms. The van der Waals surface area contributed by atoms with E-state index in [-0.39, 0.29) is 5.54 Å². The molecule has 1 aromatic heterocycles. The Bertz CT molecular complexity index is 506. The molecule has 2 aromatic rings. The van der Waals surface area contributed by atoms with Crippen LogP contribution in [0.1, 0.15) is 26.0 Å². The van der Waals surface area contributed by atoms with Crippen molar-refractivity contribution in [3.63, 3.8) is 0 Å². The van der Waals surface area contributed by atoms with Gasteiger partial charge < -0.3 is 16.0 Å². The number of nitrogens with two attached hydrogens (primary N) is 1. The quantitative estimate of drug-likeness (QED) is 0.757. The SMILES string of the molecule is Cc1[nH]c2ccccc2c1NCCC(C)(C)N. The minimum Gasteiger partial charge on any atom is -0.383 e. The second-order valence-corrected chi connectivity index (χ2v) is 5.34. The molecule has 4 N–H and O–H groups in total. The van der Waals surface area contributed by atoms with E-state index in [0.29, 0.717) is 0 Å². The van der Waals surface area contributed by atoms with E-state index >= 15 is 0 Å². The minimum atomic E-state index is -0.118. The van der Waals surface area contributed by atoms with Gasteiger partial charge in [-0.1, -0.05) is 18.2 Å². The third-order valence-electron chi connectivity index (χ3n) is 2.96. The van der Waals surface area contributed by atoms with Crippen LogP contribution in [-0.2, 0) is 0 Å². The zero-order valence-corrected chi connectivity index (χ0v) is 10.8. The van der Waals surface area contributed by atoms with E-state index < -0.39 is 0 Å². The van der Waals surface area contributed by atoms with Crippen LogP contribution in [0.5, 0.6) is 0 Å². The van der Waals surface area contributed by atoms with Crippen LogP contribution in [0, 0.1) is 6.92 Å². The Morgan fingerprint density at radius 3 is 2.71 bits per heavy atom. The normalized spacial score (nSPS) is 12.0. The van der Waals surface area contributed by atoms with Crippen molar-refractivity contribution in [3.8, 4) is 0 Å². The lowest BCUT2D eigenvalue weighted by atomic mass is 10.0. The smallest absolute Gasteiger partial charge is 0.0628 e. The van der Waals surface area contributed by atoms with Gasteiger partial charge in [0.2, 0.25) is 0 Å². The molecule has 0 atom stereocenters. The maximum Gasteiger partial charge on any atom is 0.0628 e. The van der Waals surface area contributed by atoms with Gasteiger partial charge in [-0.15, -0.1) is 0 Å². The van der Waals surface area contributed by atoms with Crippen LogP contribution in [-0.4, -0.2) is 17.1 Å². The standard InChI is InChI=1S/C14H21N3/c1-10-13(16-9-8-14(2,3)15)11-6-4-5-7-12(11)17-10/h4-7,16-17H,8-9,15H2,1-3H3. The van der Waals surface area contributed by atoms with Gasteiger partial charge in [0.05, 0.1) is 5.69 Å². The molecule has 92 valence electrons. The molecule has 0 unspecified atom stereocenters. The number of anilines is 1. The highest BCUT2D eigenvalue weighted by Crippen LogP contribution is 2.26. The average Bonchev–Trinajstić information content (AvgIpc) is 2.54. The number of fused-ring (bicyclic) bond motifs is 1. The molecule has 0 amide bonds. The van der Waals surface area contributed by atoms with Crippen molar-refractivity contribution < 1.29 is 0 Å². The summed E-state index contributed by atoms with van der Waals surface area (Å²) in [7, 11) is 0. The first-order valence-electron chi connectivity index (χ1n) is 6.07. The first-order chi connectivity index (χ1) is 7.97. The number of benzene rings is 1. The van der Waals surface area contributed by atoms with Gasteiger partial charge in [-0.3, -0.25) is 0 Å². The van der Waals surface area contributed by atoms with Crippen LogP contribution in [0.15, 0.2) is 24.3 Å². The summed E-state index contributed by atoms with van der Waals surface area (Å²) in [5.41, 5.74) is 9.42. The van der Waals surface area contributed by atoms with E-state index in [0.717, 1.165) is 13.0 Å². The molecule has 0 radical (unpaired) electrons. The number of rotatable bonds is 4. The van der Waals surface area contributed by atoms with Gasteiger partial charge in [0.15, 0.2) is 0 Å². The van der Waals surface area contributed by atoms with E-state index in [2.05, 4.69) is 49.3 Å². The summed E-state index contributed by atoms with van der Waals surface area (Å²) >= 11 is 0. The highest BCUT2D eigenvalue weighted by atomic mass is 14.9. The third-order valence-corrected chi connectivity index (χ3v) is 2.96. The van der Waals surface area contributed by atoms with Gasteiger partial charge in [0, 0.05) is 28.7 Å². The van der Waals surface area contributed by atoms with Gasteiger partial charge >= 0.3 is 0 Å². The Labute approximate surface area is 102 Å². The second-order valence-electron chi connectivity index (χ2n) is 5.34. The monoisotopic (exact) mass is 231 g/mol. The summed E-state index contributed by atoms with van der Waals surface area (Å²) in [6.07, 6.45) is 0.950. The number of aromatic nitrogens is 1. The van der Waals surface area contributed by atoms with Crippen LogP contribution < -0.4 is 11.1 Å². The topological polar surface area (TPSA) is 53.8 Å². The molecule has 0 aliphatic carbocycles. The van der Waals surface area contributed by atoms with Gasteiger partial charge in [0.1, 0.15) is 0 Å². The highest BCUT2D eigenvalue weighted by molar-refractivity contribution is 5.94. The minimum absolute atomic E-state index is 0.118. The van der Waals surface area contributed by atoms with Crippen LogP contribution in [0.3, 0.4) is 0 Å². The number of hydrogen-bond donors (Lipinski definition) is 3. The molecular weight excluding hydrogens is 210 g/mol. The van der Waals surface area contributed by atoms with Gasteiger partial charge in [-0.05, 0) is 33.3 Å². The Kier molecular flexibility index (Phi) is 3.11. The lowest BCUT2D eigenvalue weighted by Gasteiger charge is -2.18. The van der Waals surface area contributed by atoms with Gasteiger partial charge in [0.25, 0.3) is 0 Å². The molecule has 3 heteroatoms. The number of nitrogens with one attached hydrogen (secondary N) is 2. The molecule has 0 aliphatic heterocycles. The van der Waals surface area contributed by atoms with Crippen molar-refractivity contribution in [1.82, 2.24) is 4.98 Å². The van der Waals surface area contributed by atoms with E-state index in [9.17, 15) is 0 Å². The summed E-state index contributed by atoms with van der Waals surface area (Å²) in [5, 5.41) is 4.73. The van der Waals surface area contributed by atoms with Crippen LogP contribution in [0.25, 0.3) is 10.9 Å². The van der Waals surface area contributed by atoms with Crippen molar-refractivity contribution >= 4 is 16.6 Å². The largest absolute Gasteiger partial charge is 0.383 e. The maximum atomic E-state index is 5.98. The fourth-order valence-corrected chi connectivity index (χ4v) is 2.01. The third kappa shape index (κ3) is 2.80. The lowest BCUT2D eigenvalue weighted by molar-refractivity contribution is 0.491. The summed E-state index contributed by atoms with van der Waals surface area (Å²) in [6.45, 7) is 7.09. The predicted molar refractivity (Wildman–Crippen MR) is 74.4 cm³/mol. The van der Waals surface area contributed by atoms with E-state index in [1.165, 1.54) is 22.3 Å². The van der Waals surface area contributed by atoms with E-state index in [4.69, 9.17) is 5.73 Å². The predicted octanol–water partition coefficient (Wildman–Crippen LogP) is 3.02. The van der Waals surface area contributed by atoms with Crippen molar-refractivity contribution in [3.05, 3.63) is 30.0 Å². The van der Waals surface area contributed by atoms with Crippen molar-refractivity contribution in [2.75, 3.05) is 11.9 Å². The van der Waals surface area contributed by atoms with Crippen molar-refractivity contribution in [1.29, 1.82) is 0 Å². The summed E-state index contributed by atoms with van der Waals surface area (Å²) in [4.78, 5) is 3.38. The Morgan fingerprint density at radius 1 is 1.29 bits per heavy atom. The molecule has 1 aromatic carbocycles. The summed E-state index contributed by atoms with van der Waals surface area (Å²) in [6, 6.07) is 8.34. The first-order valence-corrected chi connectivity index (χ1v) is 6.07. The zero-order valence-electron chi connectivity index (χ0n) is 10.8. The Morgan fingerprint density at radius 2 is 2.00 bits per heavy atom. The number of aryl methyl sites for hydroxylation is 1. The second kappa shape index (κ2) is 4.41. The van der Waals surface area contributed by atoms with Gasteiger partial charge in [-0.2, -0.15) is 0 Å². The molecule has 0 saturated heterocycles. The molecule has 0 fully saturated rings. The highest BCUT2D eigenvalue weighted by Gasteiger charge is 2.11. The summed E-state index contributed by atoms with van der Waals surface area (Å²) < 4.78 is 0. The Balaban J connectivity index is 2.15. The molecule has 2 rings (SSSR count). The van der Waals surface area contributed by atoms with Crippen molar-refractivity contribution in [2.24, 2.45) is 5.73 Å². The molecule has 3 nitrogen and oxygen atoms in total. The number of para-hydroxylation sites is 1.